The largest absolute Gasteiger partial charge is 0.151 e. The van der Waals surface area contributed by atoms with E-state index in [0.717, 1.165) is 22.6 Å². The van der Waals surface area contributed by atoms with Crippen LogP contribution in [0.1, 0.15) is 103 Å². The molecule has 0 nitrogen and oxygen atoms in total. The summed E-state index contributed by atoms with van der Waals surface area (Å²) in [6.07, 6.45) is 24.7. The molecule has 1 aromatic rings. The predicted octanol–water partition coefficient (Wildman–Crippen LogP) is 7.73. The van der Waals surface area contributed by atoms with E-state index in [1.807, 2.05) is 10.6 Å². The van der Waals surface area contributed by atoms with E-state index in [1.165, 1.54) is 51.4 Å². The molecule has 0 aliphatic heterocycles. The van der Waals surface area contributed by atoms with Gasteiger partial charge in [0.1, 0.15) is 0 Å². The van der Waals surface area contributed by atoms with Crippen LogP contribution in [-0.4, -0.2) is 22.6 Å². The summed E-state index contributed by atoms with van der Waals surface area (Å²) in [6, 6.07) is 0. The van der Waals surface area contributed by atoms with Gasteiger partial charge in [0.15, 0.2) is 0 Å². The van der Waals surface area contributed by atoms with Crippen LogP contribution in [0.2, 0.25) is 0 Å². The summed E-state index contributed by atoms with van der Waals surface area (Å²) < 4.78 is 0. The molecule has 4 aliphatic carbocycles. The Balaban J connectivity index is 1.49. The van der Waals surface area contributed by atoms with Crippen LogP contribution in [-0.2, 0) is 0 Å². The van der Waals surface area contributed by atoms with Crippen LogP contribution in [0.15, 0.2) is 10.8 Å². The monoisotopic (exact) mass is 420 g/mol. The standard InChI is InChI=1S/C24H38P2S/c1-2-10-19(9-1)25(20-11-3-4-12-20)23-17-27-18-24(23)26(21-13-5-6-14-21)22-15-7-8-16-22/h17-22H,1-16H2. The molecule has 3 heteroatoms. The van der Waals surface area contributed by atoms with Gasteiger partial charge in [-0.2, -0.15) is 11.3 Å². The third-order valence-electron chi connectivity index (χ3n) is 8.05. The molecule has 0 aromatic carbocycles. The topological polar surface area (TPSA) is 0 Å². The molecule has 5 rings (SSSR count). The third-order valence-corrected chi connectivity index (χ3v) is 16.4. The van der Waals surface area contributed by atoms with Crippen molar-refractivity contribution in [2.45, 2.75) is 125 Å². The minimum atomic E-state index is 0.124. The zero-order valence-corrected chi connectivity index (χ0v) is 19.7. The number of rotatable bonds is 6. The van der Waals surface area contributed by atoms with Gasteiger partial charge in [0.25, 0.3) is 0 Å². The van der Waals surface area contributed by atoms with Crippen LogP contribution >= 0.6 is 27.2 Å². The van der Waals surface area contributed by atoms with Gasteiger partial charge in [-0.1, -0.05) is 67.2 Å². The first-order valence-electron chi connectivity index (χ1n) is 12.0. The van der Waals surface area contributed by atoms with E-state index < -0.39 is 0 Å². The average molecular weight is 421 g/mol. The lowest BCUT2D eigenvalue weighted by molar-refractivity contribution is 0.833. The van der Waals surface area contributed by atoms with E-state index in [4.69, 9.17) is 0 Å². The van der Waals surface area contributed by atoms with Crippen molar-refractivity contribution in [1.29, 1.82) is 0 Å². The molecule has 27 heavy (non-hydrogen) atoms. The first-order chi connectivity index (χ1) is 13.4. The Morgan fingerprint density at radius 1 is 0.481 bits per heavy atom. The second kappa shape index (κ2) is 9.14. The molecule has 1 heterocycles. The fourth-order valence-corrected chi connectivity index (χ4v) is 16.7. The van der Waals surface area contributed by atoms with Gasteiger partial charge in [0.05, 0.1) is 0 Å². The molecule has 1 aromatic heterocycles. The maximum Gasteiger partial charge on any atom is -0.000946 e. The van der Waals surface area contributed by atoms with Gasteiger partial charge in [-0.25, -0.2) is 0 Å². The molecule has 4 aliphatic rings. The van der Waals surface area contributed by atoms with E-state index >= 15 is 0 Å². The van der Waals surface area contributed by atoms with Crippen molar-refractivity contribution in [3.63, 3.8) is 0 Å². The van der Waals surface area contributed by atoms with Crippen LogP contribution < -0.4 is 10.6 Å². The van der Waals surface area contributed by atoms with Gasteiger partial charge in [-0.15, -0.1) is 0 Å². The van der Waals surface area contributed by atoms with E-state index in [0.29, 0.717) is 0 Å². The summed E-state index contributed by atoms with van der Waals surface area (Å²) >= 11 is 2.09. The fourth-order valence-electron chi connectivity index (χ4n) is 6.78. The lowest BCUT2D eigenvalue weighted by Gasteiger charge is -2.35. The van der Waals surface area contributed by atoms with Crippen molar-refractivity contribution in [2.24, 2.45) is 0 Å². The molecule has 4 saturated carbocycles. The van der Waals surface area contributed by atoms with E-state index in [9.17, 15) is 0 Å². The highest BCUT2D eigenvalue weighted by molar-refractivity contribution is 7.74. The predicted molar refractivity (Wildman–Crippen MR) is 126 cm³/mol. The van der Waals surface area contributed by atoms with Gasteiger partial charge < -0.3 is 0 Å². The number of hydrogen-bond donors (Lipinski definition) is 0. The lowest BCUT2D eigenvalue weighted by atomic mass is 10.3. The Morgan fingerprint density at radius 2 is 0.741 bits per heavy atom. The molecular formula is C24H38P2S. The Hall–Kier alpha value is 0.560. The first-order valence-corrected chi connectivity index (χ1v) is 15.9. The maximum atomic E-state index is 2.69. The Kier molecular flexibility index (Phi) is 6.61. The summed E-state index contributed by atoms with van der Waals surface area (Å²) in [5.74, 6) is 0. The zero-order valence-electron chi connectivity index (χ0n) is 17.1. The molecule has 0 saturated heterocycles. The summed E-state index contributed by atoms with van der Waals surface area (Å²) in [4.78, 5) is 0. The second-order valence-corrected chi connectivity index (χ2v) is 16.0. The van der Waals surface area contributed by atoms with Gasteiger partial charge in [0, 0.05) is 0 Å². The van der Waals surface area contributed by atoms with Gasteiger partial charge >= 0.3 is 0 Å². The summed E-state index contributed by atoms with van der Waals surface area (Å²) in [5.41, 5.74) is 4.34. The molecule has 0 N–H and O–H groups in total. The molecule has 4 fully saturated rings. The Labute approximate surface area is 173 Å². The average Bonchev–Trinajstić information content (AvgIpc) is 3.50. The molecule has 0 amide bonds. The molecular weight excluding hydrogens is 382 g/mol. The van der Waals surface area contributed by atoms with Gasteiger partial charge in [-0.3, -0.25) is 0 Å². The van der Waals surface area contributed by atoms with Crippen molar-refractivity contribution in [3.8, 4) is 0 Å². The summed E-state index contributed by atoms with van der Waals surface area (Å²) in [5, 5.41) is 9.32. The van der Waals surface area contributed by atoms with Crippen molar-refractivity contribution >= 4 is 37.8 Å². The molecule has 0 radical (unpaired) electrons. The molecule has 0 bridgehead atoms. The molecule has 0 atom stereocenters. The highest BCUT2D eigenvalue weighted by Gasteiger charge is 2.40. The number of hydrogen-bond acceptors (Lipinski definition) is 1. The highest BCUT2D eigenvalue weighted by atomic mass is 32.1. The normalized spacial score (nSPS) is 26.4. The summed E-state index contributed by atoms with van der Waals surface area (Å²) in [6.45, 7) is 0. The van der Waals surface area contributed by atoms with Gasteiger partial charge in [0.2, 0.25) is 0 Å². The van der Waals surface area contributed by atoms with Crippen LogP contribution in [0, 0.1) is 0 Å². The van der Waals surface area contributed by atoms with Crippen molar-refractivity contribution in [3.05, 3.63) is 10.8 Å². The van der Waals surface area contributed by atoms with Crippen LogP contribution in [0.5, 0.6) is 0 Å². The van der Waals surface area contributed by atoms with Crippen molar-refractivity contribution in [1.82, 2.24) is 0 Å². The van der Waals surface area contributed by atoms with Crippen molar-refractivity contribution < 1.29 is 0 Å². The van der Waals surface area contributed by atoms with E-state index in [1.54, 1.807) is 51.4 Å². The van der Waals surface area contributed by atoms with Gasteiger partial charge in [-0.05, 0) is 95.4 Å². The minimum Gasteiger partial charge on any atom is -0.151 e. The molecule has 150 valence electrons. The summed E-state index contributed by atoms with van der Waals surface area (Å²) in [7, 11) is 0.247. The SMILES string of the molecule is c1scc(P(C2CCCC2)C2CCCC2)c1P(C1CCCC1)C1CCCC1. The number of thiophene rings is 1. The van der Waals surface area contributed by atoms with E-state index in [2.05, 4.69) is 22.1 Å². The maximum absolute atomic E-state index is 2.69. The van der Waals surface area contributed by atoms with Crippen LogP contribution in [0.4, 0.5) is 0 Å². The van der Waals surface area contributed by atoms with Crippen LogP contribution in [0.3, 0.4) is 0 Å². The fraction of sp³-hybridized carbons (Fsp3) is 0.833. The highest BCUT2D eigenvalue weighted by Crippen LogP contribution is 2.61. The first kappa shape index (κ1) is 19.5. The molecule has 0 spiro atoms. The van der Waals surface area contributed by atoms with Crippen LogP contribution in [0.25, 0.3) is 0 Å². The van der Waals surface area contributed by atoms with Crippen molar-refractivity contribution in [2.75, 3.05) is 0 Å². The second-order valence-electron chi connectivity index (χ2n) is 9.71. The Bertz CT molecular complexity index is 505. The van der Waals surface area contributed by atoms with E-state index in [-0.39, 0.29) is 15.8 Å². The quantitative estimate of drug-likeness (QED) is 0.413. The third kappa shape index (κ3) is 4.09. The molecule has 0 unspecified atom stereocenters. The Morgan fingerprint density at radius 3 is 1.00 bits per heavy atom. The lowest BCUT2D eigenvalue weighted by Crippen LogP contribution is -2.31. The smallest absolute Gasteiger partial charge is 0.000946 e. The zero-order chi connectivity index (χ0) is 18.1. The minimum absolute atomic E-state index is 0.124.